The van der Waals surface area contributed by atoms with E-state index in [1.165, 1.54) is 12.3 Å². The van der Waals surface area contributed by atoms with Crippen molar-refractivity contribution in [3.05, 3.63) is 76.5 Å². The van der Waals surface area contributed by atoms with Gasteiger partial charge >= 0.3 is 5.97 Å². The monoisotopic (exact) mass is 532 g/mol. The minimum Gasteiger partial charge on any atom is -0.463 e. The molecule has 1 aliphatic carbocycles. The molecule has 0 bridgehead atoms. The number of likely N-dealkylation sites (N-methyl/N-ethyl adjacent to an activating group) is 1. The van der Waals surface area contributed by atoms with Gasteiger partial charge in [-0.25, -0.2) is 17.5 Å². The van der Waals surface area contributed by atoms with Crippen LogP contribution < -0.4 is 0 Å². The zero-order valence-electron chi connectivity index (χ0n) is 21.6. The van der Waals surface area contributed by atoms with Gasteiger partial charge in [0.1, 0.15) is 0 Å². The maximum Gasteiger partial charge on any atom is 0.330 e. The Balaban J connectivity index is 2.10. The first-order valence-electron chi connectivity index (χ1n) is 12.4. The van der Waals surface area contributed by atoms with Crippen molar-refractivity contribution in [3.63, 3.8) is 0 Å². The van der Waals surface area contributed by atoms with Crippen LogP contribution in [0.3, 0.4) is 0 Å². The third kappa shape index (κ3) is 6.90. The summed E-state index contributed by atoms with van der Waals surface area (Å²) in [6.07, 6.45) is 12.8. The summed E-state index contributed by atoms with van der Waals surface area (Å²) in [4.78, 5) is 14.2. The van der Waals surface area contributed by atoms with Crippen molar-refractivity contribution >= 4 is 33.7 Å². The number of ether oxygens (including phenoxy) is 1. The summed E-state index contributed by atoms with van der Waals surface area (Å²) < 4.78 is 30.9. The van der Waals surface area contributed by atoms with E-state index in [2.05, 4.69) is 36.9 Å². The van der Waals surface area contributed by atoms with E-state index >= 15 is 0 Å². The molecule has 0 N–H and O–H groups in total. The van der Waals surface area contributed by atoms with Gasteiger partial charge in [-0.05, 0) is 74.1 Å². The average Bonchev–Trinajstić information content (AvgIpc) is 2.80. The second-order valence-electron chi connectivity index (χ2n) is 9.53. The van der Waals surface area contributed by atoms with Gasteiger partial charge in [0.2, 0.25) is 10.0 Å². The van der Waals surface area contributed by atoms with Crippen molar-refractivity contribution in [3.8, 4) is 0 Å². The van der Waals surface area contributed by atoms with Crippen LogP contribution in [0.15, 0.2) is 60.4 Å². The number of esters is 1. The Morgan fingerprint density at radius 2 is 2.00 bits per heavy atom. The van der Waals surface area contributed by atoms with E-state index in [1.54, 1.807) is 17.3 Å². The third-order valence-electron chi connectivity index (χ3n) is 6.96. The van der Waals surface area contributed by atoms with Crippen LogP contribution in [0.5, 0.6) is 0 Å². The molecule has 36 heavy (non-hydrogen) atoms. The molecule has 6 nitrogen and oxygen atoms in total. The van der Waals surface area contributed by atoms with Crippen LogP contribution in [-0.4, -0.2) is 62.6 Å². The number of hydrogen-bond acceptors (Lipinski definition) is 5. The molecule has 2 atom stereocenters. The lowest BCUT2D eigenvalue weighted by Gasteiger charge is -2.44. The lowest BCUT2D eigenvalue weighted by Crippen LogP contribution is -2.44. The van der Waals surface area contributed by atoms with E-state index in [9.17, 15) is 13.2 Å². The van der Waals surface area contributed by atoms with Gasteiger partial charge in [0, 0.05) is 37.2 Å². The number of rotatable bonds is 7. The Bertz CT molecular complexity index is 1160. The Morgan fingerprint density at radius 1 is 1.31 bits per heavy atom. The lowest BCUT2D eigenvalue weighted by molar-refractivity contribution is -0.137. The highest BCUT2D eigenvalue weighted by Gasteiger charge is 2.39. The summed E-state index contributed by atoms with van der Waals surface area (Å²) in [5.41, 5.74) is 4.14. The van der Waals surface area contributed by atoms with E-state index in [0.29, 0.717) is 31.1 Å². The molecule has 2 aliphatic rings. The number of piperidine rings is 1. The number of nitrogens with zero attached hydrogens (tertiary/aromatic N) is 2. The van der Waals surface area contributed by atoms with Crippen LogP contribution >= 0.6 is 11.6 Å². The average molecular weight is 533 g/mol. The summed E-state index contributed by atoms with van der Waals surface area (Å²) in [6.45, 7) is 9.62. The van der Waals surface area contributed by atoms with Crippen LogP contribution in [0.2, 0.25) is 5.02 Å². The lowest BCUT2D eigenvalue weighted by atomic mass is 9.70. The van der Waals surface area contributed by atoms with Crippen molar-refractivity contribution < 1.29 is 17.9 Å². The molecule has 1 aromatic carbocycles. The highest BCUT2D eigenvalue weighted by Crippen LogP contribution is 2.44. The minimum absolute atomic E-state index is 0.0180. The number of sulfonamides is 1. The zero-order valence-corrected chi connectivity index (χ0v) is 23.2. The van der Waals surface area contributed by atoms with Gasteiger partial charge in [0.15, 0.2) is 0 Å². The number of fused-ring (bicyclic) bond motifs is 1. The molecule has 8 heteroatoms. The molecule has 0 amide bonds. The molecule has 0 saturated carbocycles. The Labute approximate surface area is 221 Å². The highest BCUT2D eigenvalue weighted by atomic mass is 35.5. The van der Waals surface area contributed by atoms with E-state index in [1.807, 2.05) is 25.1 Å². The molecule has 1 saturated heterocycles. The van der Waals surface area contributed by atoms with E-state index < -0.39 is 10.0 Å². The van der Waals surface area contributed by atoms with E-state index in [0.717, 1.165) is 35.1 Å². The Kier molecular flexibility index (Phi) is 9.61. The number of carbonyl (C=O) groups is 1. The molecule has 0 radical (unpaired) electrons. The fraction of sp³-hybridized carbons (Fsp3) is 0.464. The predicted molar refractivity (Wildman–Crippen MR) is 147 cm³/mol. The molecule has 1 aromatic rings. The van der Waals surface area contributed by atoms with Crippen LogP contribution in [0.25, 0.3) is 6.08 Å². The molecule has 196 valence electrons. The number of hydrogen-bond donors (Lipinski definition) is 0. The van der Waals surface area contributed by atoms with Gasteiger partial charge < -0.3 is 9.64 Å². The number of halogens is 1. The first kappa shape index (κ1) is 28.2. The second kappa shape index (κ2) is 12.3. The van der Waals surface area contributed by atoms with Crippen molar-refractivity contribution in [1.29, 1.82) is 0 Å². The fourth-order valence-corrected chi connectivity index (χ4v) is 6.49. The van der Waals surface area contributed by atoms with Crippen LogP contribution in [0.1, 0.15) is 50.2 Å². The molecule has 3 rings (SSSR count). The predicted octanol–water partition coefficient (Wildman–Crippen LogP) is 5.39. The van der Waals surface area contributed by atoms with Gasteiger partial charge in [0.25, 0.3) is 0 Å². The van der Waals surface area contributed by atoms with E-state index in [-0.39, 0.29) is 23.8 Å². The van der Waals surface area contributed by atoms with Gasteiger partial charge in [-0.15, -0.1) is 0 Å². The van der Waals surface area contributed by atoms with Crippen LogP contribution in [0.4, 0.5) is 0 Å². The SMILES string of the molecule is C=C1CC(/C=C/C(=O)OCC)=C\c2cc(Cl)ccc2C(C2CCN(S(C)(=O)=O)CC2)C1N(C)/C=C\C. The Morgan fingerprint density at radius 3 is 2.61 bits per heavy atom. The molecule has 0 aromatic heterocycles. The fourth-order valence-electron chi connectivity index (χ4n) is 5.44. The molecule has 1 aliphatic heterocycles. The first-order chi connectivity index (χ1) is 17.0. The van der Waals surface area contributed by atoms with Crippen LogP contribution in [0, 0.1) is 5.92 Å². The maximum absolute atomic E-state index is 12.1. The van der Waals surface area contributed by atoms with Crippen molar-refractivity contribution in [2.24, 2.45) is 5.92 Å². The standard InChI is InChI=1S/C28H37ClN2O4S/c1-6-14-30(4)28-20(3)17-21(8-11-26(32)35-7-2)18-23-19-24(29)9-10-25(23)27(28)22-12-15-31(16-13-22)36(5,33)34/h6,8-11,14,18-19,22,27-28H,3,7,12-13,15-17H2,1-2,4-5H3/b11-8+,14-6-,21-18-. The molecular formula is C28H37ClN2O4S. The van der Waals surface area contributed by atoms with Crippen LogP contribution in [-0.2, 0) is 19.6 Å². The molecule has 1 fully saturated rings. The summed E-state index contributed by atoms with van der Waals surface area (Å²) in [7, 11) is -1.15. The molecule has 2 unspecified atom stereocenters. The maximum atomic E-state index is 12.1. The van der Waals surface area contributed by atoms with Gasteiger partial charge in [-0.2, -0.15) is 0 Å². The molecule has 1 heterocycles. The largest absolute Gasteiger partial charge is 0.463 e. The van der Waals surface area contributed by atoms with Crippen molar-refractivity contribution in [2.75, 3.05) is 33.0 Å². The van der Waals surface area contributed by atoms with E-state index in [4.69, 9.17) is 16.3 Å². The zero-order chi connectivity index (χ0) is 26.5. The summed E-state index contributed by atoms with van der Waals surface area (Å²) in [6, 6.07) is 5.95. The van der Waals surface area contributed by atoms with Crippen molar-refractivity contribution in [2.45, 2.75) is 45.1 Å². The third-order valence-corrected chi connectivity index (χ3v) is 8.50. The second-order valence-corrected chi connectivity index (χ2v) is 11.9. The summed E-state index contributed by atoms with van der Waals surface area (Å²) >= 11 is 6.43. The summed E-state index contributed by atoms with van der Waals surface area (Å²) in [5, 5.41) is 0.641. The molecule has 0 spiro atoms. The van der Waals surface area contributed by atoms with Gasteiger partial charge in [0.05, 0.1) is 18.9 Å². The first-order valence-corrected chi connectivity index (χ1v) is 14.6. The summed E-state index contributed by atoms with van der Waals surface area (Å²) in [5.74, 6) is -0.0163. The number of allylic oxidation sites excluding steroid dienone is 3. The topological polar surface area (TPSA) is 66.9 Å². The smallest absolute Gasteiger partial charge is 0.330 e. The van der Waals surface area contributed by atoms with Gasteiger partial charge in [-0.1, -0.05) is 48.0 Å². The quantitative estimate of drug-likeness (QED) is 0.267. The highest BCUT2D eigenvalue weighted by molar-refractivity contribution is 7.88. The number of benzene rings is 1. The van der Waals surface area contributed by atoms with Gasteiger partial charge in [-0.3, -0.25) is 0 Å². The Hall–Kier alpha value is -2.35. The molecular weight excluding hydrogens is 496 g/mol. The number of carbonyl (C=O) groups excluding carboxylic acids is 1. The minimum atomic E-state index is -3.21. The van der Waals surface area contributed by atoms with Crippen molar-refractivity contribution in [1.82, 2.24) is 9.21 Å². The normalized spacial score (nSPS) is 23.7.